The van der Waals surface area contributed by atoms with Crippen molar-refractivity contribution in [3.05, 3.63) is 0 Å². The van der Waals surface area contributed by atoms with Crippen LogP contribution in [0.1, 0.15) is 0 Å². The molecule has 14 heavy (non-hydrogen) atoms. The first kappa shape index (κ1) is 14.0. The van der Waals surface area contributed by atoms with Crippen LogP contribution in [0, 0.1) is 0 Å². The molecule has 0 aromatic heterocycles. The Labute approximate surface area is 83.6 Å². The van der Waals surface area contributed by atoms with E-state index in [0.717, 1.165) is 6.66 Å². The third kappa shape index (κ3) is 8.62. The van der Waals surface area contributed by atoms with Crippen molar-refractivity contribution in [1.29, 1.82) is 0 Å². The van der Waals surface area contributed by atoms with Crippen molar-refractivity contribution in [2.75, 3.05) is 46.1 Å². The summed E-state index contributed by atoms with van der Waals surface area (Å²) in [6.07, 6.45) is 0. The Morgan fingerprint density at radius 1 is 1.21 bits per heavy atom. The van der Waals surface area contributed by atoms with Gasteiger partial charge in [0.2, 0.25) is 0 Å². The summed E-state index contributed by atoms with van der Waals surface area (Å²) in [6.45, 7) is 2.47. The quantitative estimate of drug-likeness (QED) is 0.466. The second-order valence-electron chi connectivity index (χ2n) is 2.93. The summed E-state index contributed by atoms with van der Waals surface area (Å²) in [5.41, 5.74) is 0. The fourth-order valence-corrected chi connectivity index (χ4v) is 1.38. The zero-order valence-corrected chi connectivity index (χ0v) is 9.19. The molecule has 0 aliphatic rings. The number of aliphatic hydroxyl groups excluding tert-OH is 2. The van der Waals surface area contributed by atoms with Crippen LogP contribution in [-0.4, -0.2) is 66.1 Å². The standard InChI is InChI=1S/C7H18NO5P/c1-14(11,12)13-7-4-8(2-5-9)3-6-10/h9-10H,2-7H2,1H3,(H,11,12). The Morgan fingerprint density at radius 3 is 2.07 bits per heavy atom. The molecule has 3 N–H and O–H groups in total. The number of nitrogens with zero attached hydrogens (tertiary/aromatic N) is 1. The van der Waals surface area contributed by atoms with E-state index in [1.165, 1.54) is 0 Å². The second kappa shape index (κ2) is 7.34. The largest absolute Gasteiger partial charge is 0.395 e. The summed E-state index contributed by atoms with van der Waals surface area (Å²) < 4.78 is 15.4. The molecule has 0 radical (unpaired) electrons. The third-order valence-corrected chi connectivity index (χ3v) is 2.23. The summed E-state index contributed by atoms with van der Waals surface area (Å²) in [4.78, 5) is 10.6. The van der Waals surface area contributed by atoms with Crippen molar-refractivity contribution in [3.8, 4) is 0 Å². The Hall–Kier alpha value is 0.0300. The van der Waals surface area contributed by atoms with Gasteiger partial charge in [-0.15, -0.1) is 0 Å². The van der Waals surface area contributed by atoms with Gasteiger partial charge in [0.15, 0.2) is 0 Å². The summed E-state index contributed by atoms with van der Waals surface area (Å²) in [5.74, 6) is 0. The molecule has 7 heteroatoms. The zero-order valence-electron chi connectivity index (χ0n) is 8.30. The van der Waals surface area contributed by atoms with Crippen LogP contribution in [-0.2, 0) is 9.09 Å². The third-order valence-electron chi connectivity index (χ3n) is 1.57. The van der Waals surface area contributed by atoms with Gasteiger partial charge in [0, 0.05) is 26.3 Å². The fraction of sp³-hybridized carbons (Fsp3) is 1.00. The van der Waals surface area contributed by atoms with Gasteiger partial charge in [-0.05, 0) is 0 Å². The average molecular weight is 227 g/mol. The lowest BCUT2D eigenvalue weighted by Gasteiger charge is -2.20. The molecule has 0 amide bonds. The van der Waals surface area contributed by atoms with E-state index in [-0.39, 0.29) is 19.8 Å². The Morgan fingerprint density at radius 2 is 1.71 bits per heavy atom. The van der Waals surface area contributed by atoms with E-state index in [0.29, 0.717) is 19.6 Å². The highest BCUT2D eigenvalue weighted by Crippen LogP contribution is 2.35. The van der Waals surface area contributed by atoms with Crippen LogP contribution >= 0.6 is 7.60 Å². The Balaban J connectivity index is 3.65. The first-order valence-electron chi connectivity index (χ1n) is 4.38. The monoisotopic (exact) mass is 227 g/mol. The second-order valence-corrected chi connectivity index (χ2v) is 4.79. The van der Waals surface area contributed by atoms with Gasteiger partial charge in [-0.1, -0.05) is 0 Å². The maximum absolute atomic E-state index is 10.7. The van der Waals surface area contributed by atoms with Crippen LogP contribution in [0.4, 0.5) is 0 Å². The lowest BCUT2D eigenvalue weighted by atomic mass is 10.4. The molecule has 0 aliphatic heterocycles. The zero-order chi connectivity index (χ0) is 11.0. The minimum atomic E-state index is -3.41. The predicted octanol–water partition coefficient (Wildman–Crippen LogP) is -0.895. The van der Waals surface area contributed by atoms with E-state index < -0.39 is 7.60 Å². The summed E-state index contributed by atoms with van der Waals surface area (Å²) in [5, 5.41) is 17.3. The number of hydrogen-bond donors (Lipinski definition) is 3. The molecule has 0 saturated heterocycles. The number of hydrogen-bond acceptors (Lipinski definition) is 5. The van der Waals surface area contributed by atoms with Gasteiger partial charge in [-0.25, -0.2) is 0 Å². The normalized spacial score (nSPS) is 15.8. The molecule has 0 aliphatic carbocycles. The predicted molar refractivity (Wildman–Crippen MR) is 52.3 cm³/mol. The van der Waals surface area contributed by atoms with E-state index >= 15 is 0 Å². The number of rotatable bonds is 8. The molecule has 1 unspecified atom stereocenters. The molecule has 0 heterocycles. The van der Waals surface area contributed by atoms with E-state index in [1.807, 2.05) is 0 Å². The van der Waals surface area contributed by atoms with Crippen LogP contribution in [0.3, 0.4) is 0 Å². The molecule has 0 spiro atoms. The highest BCUT2D eigenvalue weighted by Gasteiger charge is 2.10. The van der Waals surface area contributed by atoms with E-state index in [9.17, 15) is 4.57 Å². The summed E-state index contributed by atoms with van der Waals surface area (Å²) in [7, 11) is -3.41. The van der Waals surface area contributed by atoms with Crippen molar-refractivity contribution >= 4 is 7.60 Å². The topological polar surface area (TPSA) is 90.2 Å². The minimum Gasteiger partial charge on any atom is -0.395 e. The molecule has 0 aromatic carbocycles. The molecular formula is C7H18NO5P. The molecule has 0 fully saturated rings. The average Bonchev–Trinajstić information content (AvgIpc) is 2.02. The maximum atomic E-state index is 10.7. The lowest BCUT2D eigenvalue weighted by Crippen LogP contribution is -2.32. The molecule has 0 bridgehead atoms. The van der Waals surface area contributed by atoms with Crippen LogP contribution in [0.15, 0.2) is 0 Å². The Bertz CT molecular complexity index is 177. The van der Waals surface area contributed by atoms with Crippen molar-refractivity contribution in [3.63, 3.8) is 0 Å². The molecule has 0 rings (SSSR count). The maximum Gasteiger partial charge on any atom is 0.325 e. The van der Waals surface area contributed by atoms with Crippen LogP contribution in [0.2, 0.25) is 0 Å². The highest BCUT2D eigenvalue weighted by atomic mass is 31.2. The van der Waals surface area contributed by atoms with Crippen molar-refractivity contribution < 1.29 is 24.2 Å². The van der Waals surface area contributed by atoms with Gasteiger partial charge in [-0.3, -0.25) is 9.46 Å². The van der Waals surface area contributed by atoms with Crippen molar-refractivity contribution in [1.82, 2.24) is 4.90 Å². The van der Waals surface area contributed by atoms with Gasteiger partial charge in [-0.2, -0.15) is 0 Å². The summed E-state index contributed by atoms with van der Waals surface area (Å²) >= 11 is 0. The van der Waals surface area contributed by atoms with Crippen LogP contribution < -0.4 is 0 Å². The summed E-state index contributed by atoms with van der Waals surface area (Å²) in [6, 6.07) is 0. The molecule has 6 nitrogen and oxygen atoms in total. The van der Waals surface area contributed by atoms with Crippen molar-refractivity contribution in [2.45, 2.75) is 0 Å². The van der Waals surface area contributed by atoms with E-state index in [4.69, 9.17) is 15.1 Å². The fourth-order valence-electron chi connectivity index (χ4n) is 0.958. The first-order chi connectivity index (χ1) is 6.49. The smallest absolute Gasteiger partial charge is 0.325 e. The molecular weight excluding hydrogens is 209 g/mol. The molecule has 0 saturated carbocycles. The Kier molecular flexibility index (Phi) is 7.35. The SMILES string of the molecule is CP(=O)(O)OCCN(CCO)CCO. The molecule has 1 atom stereocenters. The van der Waals surface area contributed by atoms with Crippen LogP contribution in [0.25, 0.3) is 0 Å². The van der Waals surface area contributed by atoms with E-state index in [1.54, 1.807) is 4.90 Å². The van der Waals surface area contributed by atoms with Gasteiger partial charge < -0.3 is 19.6 Å². The van der Waals surface area contributed by atoms with Gasteiger partial charge in [0.25, 0.3) is 0 Å². The van der Waals surface area contributed by atoms with Crippen LogP contribution in [0.5, 0.6) is 0 Å². The number of aliphatic hydroxyl groups is 2. The van der Waals surface area contributed by atoms with E-state index in [2.05, 4.69) is 4.52 Å². The van der Waals surface area contributed by atoms with Gasteiger partial charge in [0.1, 0.15) is 0 Å². The highest BCUT2D eigenvalue weighted by molar-refractivity contribution is 7.51. The van der Waals surface area contributed by atoms with Gasteiger partial charge >= 0.3 is 7.60 Å². The molecule has 86 valence electrons. The first-order valence-corrected chi connectivity index (χ1v) is 6.41. The minimum absolute atomic E-state index is 0.0110. The molecule has 0 aromatic rings. The lowest BCUT2D eigenvalue weighted by molar-refractivity contribution is 0.138. The van der Waals surface area contributed by atoms with Crippen molar-refractivity contribution in [2.24, 2.45) is 0 Å². The van der Waals surface area contributed by atoms with Gasteiger partial charge in [0.05, 0.1) is 19.8 Å².